The average Bonchev–Trinajstić information content (AvgIpc) is 2.26. The van der Waals surface area contributed by atoms with Crippen molar-refractivity contribution in [3.8, 4) is 6.07 Å². The van der Waals surface area contributed by atoms with Gasteiger partial charge in [0.2, 0.25) is 0 Å². The van der Waals surface area contributed by atoms with Crippen molar-refractivity contribution >= 4 is 0 Å². The van der Waals surface area contributed by atoms with Crippen LogP contribution in [0.5, 0.6) is 0 Å². The van der Waals surface area contributed by atoms with Gasteiger partial charge in [0.15, 0.2) is 0 Å². The van der Waals surface area contributed by atoms with E-state index < -0.39 is 23.8 Å². The molecule has 0 heterocycles. The maximum Gasteiger partial charge on any atom is 0.432 e. The fourth-order valence-corrected chi connectivity index (χ4v) is 1.20. The third-order valence-corrected chi connectivity index (χ3v) is 2.15. The zero-order valence-electron chi connectivity index (χ0n) is 8.10. The number of nitrogens with zero attached hydrogens (tertiary/aromatic N) is 1. The van der Waals surface area contributed by atoms with E-state index in [9.17, 15) is 26.3 Å². The Balaban J connectivity index is 3.30. The minimum atomic E-state index is -5.73. The molecule has 1 atom stereocenters. The molecule has 0 amide bonds. The van der Waals surface area contributed by atoms with Gasteiger partial charge in [-0.25, -0.2) is 13.2 Å². The molecule has 0 bridgehead atoms. The topological polar surface area (TPSA) is 23.8 Å². The summed E-state index contributed by atoms with van der Waals surface area (Å²) in [5.74, 6) is 0. The van der Waals surface area contributed by atoms with Crippen molar-refractivity contribution in [1.82, 2.24) is 0 Å². The van der Waals surface area contributed by atoms with Gasteiger partial charge in [-0.1, -0.05) is 12.1 Å². The summed E-state index contributed by atoms with van der Waals surface area (Å²) < 4.78 is 74.9. The highest BCUT2D eigenvalue weighted by Crippen LogP contribution is 2.46. The second-order valence-corrected chi connectivity index (χ2v) is 3.20. The summed E-state index contributed by atoms with van der Waals surface area (Å²) in [7, 11) is 0. The van der Waals surface area contributed by atoms with Gasteiger partial charge >= 0.3 is 6.18 Å². The zero-order chi connectivity index (χ0) is 13.3. The van der Waals surface area contributed by atoms with Crippen LogP contribution < -0.4 is 0 Å². The highest BCUT2D eigenvalue weighted by molar-refractivity contribution is 5.35. The van der Waals surface area contributed by atoms with Gasteiger partial charge in [0.1, 0.15) is 0 Å². The van der Waals surface area contributed by atoms with Crippen molar-refractivity contribution in [3.63, 3.8) is 0 Å². The normalized spacial score (nSPS) is 15.4. The van der Waals surface area contributed by atoms with Crippen molar-refractivity contribution in [2.75, 3.05) is 0 Å². The minimum Gasteiger partial charge on any atom is -0.222 e. The van der Waals surface area contributed by atoms with Crippen molar-refractivity contribution in [1.29, 1.82) is 5.26 Å². The maximum atomic E-state index is 13.4. The molecular weight excluding hydrogens is 248 g/mol. The SMILES string of the molecule is N#Cc1ccc(C(F)(C(F)F)C(F)(F)F)cc1. The van der Waals surface area contributed by atoms with Crippen LogP contribution in [0.4, 0.5) is 26.3 Å². The molecular formula is C10H5F6N. The summed E-state index contributed by atoms with van der Waals surface area (Å²) >= 11 is 0. The van der Waals surface area contributed by atoms with Gasteiger partial charge in [-0.15, -0.1) is 0 Å². The van der Waals surface area contributed by atoms with Crippen LogP contribution >= 0.6 is 0 Å². The van der Waals surface area contributed by atoms with Crippen LogP contribution in [0.2, 0.25) is 0 Å². The van der Waals surface area contributed by atoms with Crippen LogP contribution in [-0.4, -0.2) is 12.6 Å². The Morgan fingerprint density at radius 1 is 1.00 bits per heavy atom. The van der Waals surface area contributed by atoms with Gasteiger partial charge in [-0.05, 0) is 12.1 Å². The van der Waals surface area contributed by atoms with E-state index in [2.05, 4.69) is 0 Å². The molecule has 0 saturated carbocycles. The van der Waals surface area contributed by atoms with Gasteiger partial charge in [0.05, 0.1) is 11.6 Å². The lowest BCUT2D eigenvalue weighted by Crippen LogP contribution is -2.44. The maximum absolute atomic E-state index is 13.4. The molecule has 0 radical (unpaired) electrons. The van der Waals surface area contributed by atoms with Crippen molar-refractivity contribution in [3.05, 3.63) is 35.4 Å². The Bertz CT molecular complexity index is 430. The first-order valence-electron chi connectivity index (χ1n) is 4.28. The standard InChI is InChI=1S/C10H5F6N/c11-8(12)9(13,10(14,15)16)7-3-1-6(5-17)2-4-7/h1-4,8H. The summed E-state index contributed by atoms with van der Waals surface area (Å²) in [5, 5.41) is 8.39. The predicted molar refractivity (Wildman–Crippen MR) is 46.0 cm³/mol. The van der Waals surface area contributed by atoms with Crippen molar-refractivity contribution in [2.24, 2.45) is 0 Å². The van der Waals surface area contributed by atoms with Crippen LogP contribution in [0.3, 0.4) is 0 Å². The number of hydrogen-bond donors (Lipinski definition) is 0. The van der Waals surface area contributed by atoms with Crippen molar-refractivity contribution < 1.29 is 26.3 Å². The van der Waals surface area contributed by atoms with E-state index in [0.717, 1.165) is 12.1 Å². The van der Waals surface area contributed by atoms with E-state index in [1.165, 1.54) is 0 Å². The van der Waals surface area contributed by atoms with Gasteiger partial charge in [-0.2, -0.15) is 18.4 Å². The van der Waals surface area contributed by atoms with E-state index in [1.807, 2.05) is 0 Å². The quantitative estimate of drug-likeness (QED) is 0.739. The number of benzene rings is 1. The molecule has 0 aromatic heterocycles. The first-order valence-corrected chi connectivity index (χ1v) is 4.28. The van der Waals surface area contributed by atoms with Gasteiger partial charge in [0.25, 0.3) is 12.1 Å². The Kier molecular flexibility index (Phi) is 3.36. The Morgan fingerprint density at radius 2 is 1.47 bits per heavy atom. The lowest BCUT2D eigenvalue weighted by Gasteiger charge is -2.27. The molecule has 7 heteroatoms. The monoisotopic (exact) mass is 253 g/mol. The average molecular weight is 253 g/mol. The second-order valence-electron chi connectivity index (χ2n) is 3.20. The van der Waals surface area contributed by atoms with Crippen LogP contribution in [0.1, 0.15) is 11.1 Å². The smallest absolute Gasteiger partial charge is 0.222 e. The molecule has 1 aromatic rings. The van der Waals surface area contributed by atoms with E-state index >= 15 is 0 Å². The van der Waals surface area contributed by atoms with Crippen LogP contribution in [0.25, 0.3) is 0 Å². The van der Waals surface area contributed by atoms with Crippen molar-refractivity contribution in [2.45, 2.75) is 18.3 Å². The van der Waals surface area contributed by atoms with Gasteiger partial charge < -0.3 is 0 Å². The molecule has 1 aromatic carbocycles. The number of nitriles is 1. The molecule has 0 aliphatic heterocycles. The summed E-state index contributed by atoms with van der Waals surface area (Å²) in [6.45, 7) is 0. The number of hydrogen-bond acceptors (Lipinski definition) is 1. The fraction of sp³-hybridized carbons (Fsp3) is 0.300. The molecule has 0 N–H and O–H groups in total. The van der Waals surface area contributed by atoms with Crippen LogP contribution in [0, 0.1) is 11.3 Å². The first-order chi connectivity index (χ1) is 7.73. The number of alkyl halides is 6. The Labute approximate surface area is 92.3 Å². The molecule has 0 saturated heterocycles. The summed E-state index contributed by atoms with van der Waals surface area (Å²) in [5.41, 5.74) is -5.99. The minimum absolute atomic E-state index is 0.0486. The number of halogens is 6. The Hall–Kier alpha value is -1.71. The highest BCUT2D eigenvalue weighted by Gasteiger charge is 2.63. The summed E-state index contributed by atoms with van der Waals surface area (Å²) in [4.78, 5) is 0. The van der Waals surface area contributed by atoms with Gasteiger partial charge in [-0.3, -0.25) is 0 Å². The van der Waals surface area contributed by atoms with Crippen LogP contribution in [-0.2, 0) is 5.67 Å². The molecule has 1 nitrogen and oxygen atoms in total. The fourth-order valence-electron chi connectivity index (χ4n) is 1.20. The van der Waals surface area contributed by atoms with Crippen LogP contribution in [0.15, 0.2) is 24.3 Å². The molecule has 1 unspecified atom stereocenters. The predicted octanol–water partition coefficient (Wildman–Crippen LogP) is 3.55. The van der Waals surface area contributed by atoms with E-state index in [-0.39, 0.29) is 5.56 Å². The Morgan fingerprint density at radius 3 is 1.76 bits per heavy atom. The molecule has 0 fully saturated rings. The third-order valence-electron chi connectivity index (χ3n) is 2.15. The molecule has 0 aliphatic rings. The third kappa shape index (κ3) is 2.20. The molecule has 17 heavy (non-hydrogen) atoms. The lowest BCUT2D eigenvalue weighted by molar-refractivity contribution is -0.274. The van der Waals surface area contributed by atoms with Gasteiger partial charge in [0, 0.05) is 5.56 Å². The van der Waals surface area contributed by atoms with E-state index in [1.54, 1.807) is 6.07 Å². The largest absolute Gasteiger partial charge is 0.432 e. The summed E-state index contributed by atoms with van der Waals surface area (Å²) in [6.07, 6.45) is -9.97. The second kappa shape index (κ2) is 4.28. The zero-order valence-corrected chi connectivity index (χ0v) is 8.10. The highest BCUT2D eigenvalue weighted by atomic mass is 19.4. The summed E-state index contributed by atoms with van der Waals surface area (Å²) in [6, 6.07) is 4.32. The lowest BCUT2D eigenvalue weighted by atomic mass is 9.94. The molecule has 0 aliphatic carbocycles. The molecule has 0 spiro atoms. The van der Waals surface area contributed by atoms with E-state index in [4.69, 9.17) is 5.26 Å². The molecule has 92 valence electrons. The number of rotatable bonds is 2. The first kappa shape index (κ1) is 13.4. The molecule has 1 rings (SSSR count). The van der Waals surface area contributed by atoms with E-state index in [0.29, 0.717) is 12.1 Å².